The number of rotatable bonds is 7. The fourth-order valence-electron chi connectivity index (χ4n) is 3.83. The molecule has 1 aromatic heterocycles. The third kappa shape index (κ3) is 4.62. The molecule has 2 heterocycles. The first kappa shape index (κ1) is 20.5. The molecule has 154 valence electrons. The van der Waals surface area contributed by atoms with E-state index in [9.17, 15) is 9.59 Å². The zero-order chi connectivity index (χ0) is 20.1. The minimum absolute atomic E-state index is 0.161. The molecule has 8 nitrogen and oxygen atoms in total. The van der Waals surface area contributed by atoms with Crippen LogP contribution in [0.2, 0.25) is 0 Å². The number of H-pyrrole nitrogens is 1. The van der Waals surface area contributed by atoms with Gasteiger partial charge in [-0.1, -0.05) is 32.1 Å². The molecule has 8 heteroatoms. The third-order valence-corrected chi connectivity index (χ3v) is 5.83. The fraction of sp³-hybridized carbons (Fsp3) is 0.650. The molecule has 2 atom stereocenters. The molecule has 1 aliphatic heterocycles. The lowest BCUT2D eigenvalue weighted by Gasteiger charge is -2.32. The molecule has 0 spiro atoms. The topological polar surface area (TPSA) is 92.2 Å². The molecule has 0 amide bonds. The van der Waals surface area contributed by atoms with Gasteiger partial charge in [0.15, 0.2) is 0 Å². The van der Waals surface area contributed by atoms with E-state index in [-0.39, 0.29) is 17.5 Å². The molecule has 0 bridgehead atoms. The van der Waals surface area contributed by atoms with Crippen LogP contribution in [-0.4, -0.2) is 58.1 Å². The molecule has 1 aliphatic carbocycles. The summed E-state index contributed by atoms with van der Waals surface area (Å²) in [7, 11) is 1.71. The highest BCUT2D eigenvalue weighted by Gasteiger charge is 2.26. The lowest BCUT2D eigenvalue weighted by Crippen LogP contribution is -2.44. The number of methoxy groups -OCH3 is 1. The van der Waals surface area contributed by atoms with Crippen LogP contribution in [-0.2, 0) is 11.3 Å². The number of allylic oxidation sites excluding steroid dienone is 2. The maximum Gasteiger partial charge on any atom is 0.345 e. The number of hydrogen-bond donors (Lipinski definition) is 2. The van der Waals surface area contributed by atoms with E-state index in [2.05, 4.69) is 40.2 Å². The molecule has 0 radical (unpaired) electrons. The minimum atomic E-state index is -0.497. The molecule has 0 saturated carbocycles. The second-order valence-corrected chi connectivity index (χ2v) is 7.58. The summed E-state index contributed by atoms with van der Waals surface area (Å²) >= 11 is 0. The van der Waals surface area contributed by atoms with Crippen LogP contribution in [0.3, 0.4) is 0 Å². The van der Waals surface area contributed by atoms with Crippen LogP contribution in [0, 0.1) is 0 Å². The molecule has 2 N–H and O–H groups in total. The summed E-state index contributed by atoms with van der Waals surface area (Å²) in [5.41, 5.74) is -0.259. The van der Waals surface area contributed by atoms with Gasteiger partial charge in [-0.05, 0) is 44.3 Å². The van der Waals surface area contributed by atoms with Gasteiger partial charge in [0, 0.05) is 19.7 Å². The molecule has 3 rings (SSSR count). The number of likely N-dealkylation sites (N-methyl/N-ethyl adjacent to an activating group) is 1. The van der Waals surface area contributed by atoms with Crippen molar-refractivity contribution in [1.82, 2.24) is 19.7 Å². The van der Waals surface area contributed by atoms with Gasteiger partial charge < -0.3 is 15.0 Å². The monoisotopic (exact) mass is 389 g/mol. The van der Waals surface area contributed by atoms with Gasteiger partial charge in [0.25, 0.3) is 5.56 Å². The summed E-state index contributed by atoms with van der Waals surface area (Å²) in [5.74, 6) is 0.211. The molecule has 2 aliphatic rings. The van der Waals surface area contributed by atoms with Crippen molar-refractivity contribution in [2.75, 3.05) is 32.1 Å². The van der Waals surface area contributed by atoms with Crippen LogP contribution < -0.4 is 16.6 Å². The summed E-state index contributed by atoms with van der Waals surface area (Å²) in [6, 6.07) is 0.161. The van der Waals surface area contributed by atoms with Crippen LogP contribution >= 0.6 is 0 Å². The lowest BCUT2D eigenvalue weighted by molar-refractivity contribution is 0.0303. The molecule has 0 aromatic carbocycles. The maximum absolute atomic E-state index is 12.2. The molecule has 28 heavy (non-hydrogen) atoms. The fourth-order valence-corrected chi connectivity index (χ4v) is 3.83. The van der Waals surface area contributed by atoms with E-state index in [1.165, 1.54) is 4.68 Å². The maximum atomic E-state index is 12.2. The second-order valence-electron chi connectivity index (χ2n) is 7.58. The second kappa shape index (κ2) is 8.87. The van der Waals surface area contributed by atoms with Gasteiger partial charge in [-0.15, -0.1) is 5.10 Å². The van der Waals surface area contributed by atoms with Gasteiger partial charge in [-0.2, -0.15) is 0 Å². The van der Waals surface area contributed by atoms with Crippen LogP contribution in [0.15, 0.2) is 33.4 Å². The Bertz CT molecular complexity index is 850. The van der Waals surface area contributed by atoms with E-state index in [4.69, 9.17) is 4.74 Å². The predicted molar refractivity (Wildman–Crippen MR) is 110 cm³/mol. The first-order valence-corrected chi connectivity index (χ1v) is 10.1. The van der Waals surface area contributed by atoms with Crippen LogP contribution in [0.1, 0.15) is 39.5 Å². The Morgan fingerprint density at radius 1 is 1.39 bits per heavy atom. The number of anilines is 1. The predicted octanol–water partition coefficient (Wildman–Crippen LogP) is 1.51. The van der Waals surface area contributed by atoms with E-state index in [1.54, 1.807) is 7.11 Å². The van der Waals surface area contributed by atoms with Gasteiger partial charge in [-0.25, -0.2) is 9.48 Å². The van der Waals surface area contributed by atoms with E-state index in [1.807, 2.05) is 12.2 Å². The van der Waals surface area contributed by atoms with Crippen molar-refractivity contribution in [2.24, 2.45) is 0 Å². The number of nitrogens with one attached hydrogen (secondary N) is 2. The van der Waals surface area contributed by atoms with Gasteiger partial charge >= 0.3 is 5.69 Å². The summed E-state index contributed by atoms with van der Waals surface area (Å²) in [6.45, 7) is 7.48. The third-order valence-electron chi connectivity index (χ3n) is 5.83. The first-order valence-electron chi connectivity index (χ1n) is 10.1. The Morgan fingerprint density at radius 2 is 2.21 bits per heavy atom. The summed E-state index contributed by atoms with van der Waals surface area (Å²) in [4.78, 5) is 29.2. The van der Waals surface area contributed by atoms with Crippen molar-refractivity contribution in [3.05, 3.63) is 44.6 Å². The highest BCUT2D eigenvalue weighted by Crippen LogP contribution is 2.27. The zero-order valence-corrected chi connectivity index (χ0v) is 17.0. The van der Waals surface area contributed by atoms with Crippen molar-refractivity contribution in [1.29, 1.82) is 0 Å². The van der Waals surface area contributed by atoms with Gasteiger partial charge in [-0.3, -0.25) is 9.78 Å². The molecule has 1 fully saturated rings. The summed E-state index contributed by atoms with van der Waals surface area (Å²) < 4.78 is 6.92. The van der Waals surface area contributed by atoms with Gasteiger partial charge in [0.2, 0.25) is 5.82 Å². The van der Waals surface area contributed by atoms with E-state index in [0.717, 1.165) is 50.9 Å². The average molecular weight is 390 g/mol. The number of likely N-dealkylation sites (tertiary alicyclic amines) is 1. The van der Waals surface area contributed by atoms with Crippen molar-refractivity contribution in [3.63, 3.8) is 0 Å². The highest BCUT2D eigenvalue weighted by molar-refractivity contribution is 5.32. The minimum Gasteiger partial charge on any atom is -0.374 e. The highest BCUT2D eigenvalue weighted by atomic mass is 16.5. The Morgan fingerprint density at radius 3 is 2.86 bits per heavy atom. The Hall–Kier alpha value is -2.19. The van der Waals surface area contributed by atoms with Crippen molar-refractivity contribution in [2.45, 2.75) is 57.7 Å². The number of hydrogen-bond acceptors (Lipinski definition) is 6. The van der Waals surface area contributed by atoms with Crippen LogP contribution in [0.4, 0.5) is 5.82 Å². The molecule has 1 aromatic rings. The molecule has 1 saturated heterocycles. The van der Waals surface area contributed by atoms with Crippen molar-refractivity contribution < 1.29 is 4.74 Å². The average Bonchev–Trinajstić information content (AvgIpc) is 2.72. The first-order chi connectivity index (χ1) is 13.5. The normalized spacial score (nSPS) is 25.5. The molecule has 1 unspecified atom stereocenters. The van der Waals surface area contributed by atoms with E-state index >= 15 is 0 Å². The largest absolute Gasteiger partial charge is 0.374 e. The number of aromatic nitrogens is 3. The summed E-state index contributed by atoms with van der Waals surface area (Å²) in [6.07, 6.45) is 9.79. The Labute approximate surface area is 165 Å². The van der Waals surface area contributed by atoms with E-state index < -0.39 is 11.2 Å². The number of piperidine rings is 1. The number of aromatic amines is 1. The van der Waals surface area contributed by atoms with Crippen LogP contribution in [0.5, 0.6) is 0 Å². The Kier molecular flexibility index (Phi) is 6.51. The smallest absolute Gasteiger partial charge is 0.345 e. The van der Waals surface area contributed by atoms with Gasteiger partial charge in [0.1, 0.15) is 0 Å². The van der Waals surface area contributed by atoms with Gasteiger partial charge in [0.05, 0.1) is 12.1 Å². The zero-order valence-electron chi connectivity index (χ0n) is 17.0. The summed E-state index contributed by atoms with van der Waals surface area (Å²) in [5, 5.41) is 7.55. The van der Waals surface area contributed by atoms with E-state index in [0.29, 0.717) is 6.54 Å². The molecular weight excluding hydrogens is 358 g/mol. The number of nitrogens with zero attached hydrogens (tertiary/aromatic N) is 3. The van der Waals surface area contributed by atoms with Crippen molar-refractivity contribution in [3.8, 4) is 0 Å². The van der Waals surface area contributed by atoms with Crippen molar-refractivity contribution >= 4 is 5.82 Å². The standard InChI is InChI=1S/C20H31N5O3/c1-4-20(28-3)10-8-15(9-11-20)13-25-19(27)22-18(26)17(23-25)21-16-7-6-12-24(5-2)14-16/h8-10,16H,4-7,11-14H2,1-3H3,(H,21,23)(H,22,26,27)/t16-,20?/m1/s1. The quantitative estimate of drug-likeness (QED) is 0.734. The SMILES string of the molecule is CCN1CCC[C@@H](Nc2nn(CC3=CCC(CC)(OC)C=C3)c(=O)[nH]c2=O)C1. The molecular formula is C20H31N5O3. The van der Waals surface area contributed by atoms with Crippen LogP contribution in [0.25, 0.3) is 0 Å². The Balaban J connectivity index is 1.74. The lowest BCUT2D eigenvalue weighted by atomic mass is 9.89. The number of ether oxygens (including phenoxy) is 1.